The van der Waals surface area contributed by atoms with Gasteiger partial charge in [0.1, 0.15) is 5.82 Å². The van der Waals surface area contributed by atoms with Crippen molar-refractivity contribution in [3.05, 3.63) is 17.1 Å². The Morgan fingerprint density at radius 1 is 1.23 bits per heavy atom. The first-order chi connectivity index (χ1) is 6.16. The minimum atomic E-state index is -0.204. The average molecular weight is 178 g/mol. The molecule has 0 aromatic carbocycles. The van der Waals surface area contributed by atoms with Crippen LogP contribution >= 0.6 is 0 Å². The van der Waals surface area contributed by atoms with Crippen molar-refractivity contribution >= 4 is 5.97 Å². The van der Waals surface area contributed by atoms with E-state index in [4.69, 9.17) is 4.74 Å². The van der Waals surface area contributed by atoms with Crippen molar-refractivity contribution < 1.29 is 9.53 Å². The van der Waals surface area contributed by atoms with E-state index in [9.17, 15) is 4.79 Å². The van der Waals surface area contributed by atoms with Crippen molar-refractivity contribution in [2.75, 3.05) is 0 Å². The molecule has 0 atom stereocenters. The van der Waals surface area contributed by atoms with Gasteiger partial charge in [-0.25, -0.2) is 4.98 Å². The Bertz CT molecular complexity index is 374. The lowest BCUT2D eigenvalue weighted by Gasteiger charge is -2.15. The van der Waals surface area contributed by atoms with Gasteiger partial charge in [-0.15, -0.1) is 0 Å². The van der Waals surface area contributed by atoms with Crippen LogP contribution < -0.4 is 4.74 Å². The van der Waals surface area contributed by atoms with E-state index in [1.54, 1.807) is 6.92 Å². The molecule has 0 unspecified atom stereocenters. The highest BCUT2D eigenvalue weighted by Crippen LogP contribution is 2.24. The van der Waals surface area contributed by atoms with Gasteiger partial charge in [-0.3, -0.25) is 4.79 Å². The summed E-state index contributed by atoms with van der Waals surface area (Å²) in [5.74, 6) is 0.886. The summed E-state index contributed by atoms with van der Waals surface area (Å²) in [5.41, 5.74) is 1.88. The SMILES string of the molecule is Cc1nc(C)c2c(n1)OC(=O)CC2. The van der Waals surface area contributed by atoms with Crippen molar-refractivity contribution in [3.8, 4) is 5.88 Å². The number of hydrogen-bond acceptors (Lipinski definition) is 4. The standard InChI is InChI=1S/C9H10N2O2/c1-5-7-3-4-8(12)13-9(7)11-6(2)10-5/h3-4H2,1-2H3. The summed E-state index contributed by atoms with van der Waals surface area (Å²) < 4.78 is 5.00. The van der Waals surface area contributed by atoms with E-state index in [1.807, 2.05) is 6.92 Å². The van der Waals surface area contributed by atoms with Crippen LogP contribution in [0.15, 0.2) is 0 Å². The fourth-order valence-corrected chi connectivity index (χ4v) is 1.46. The number of rotatable bonds is 0. The maximum Gasteiger partial charge on any atom is 0.312 e. The number of hydrogen-bond donors (Lipinski definition) is 0. The van der Waals surface area contributed by atoms with Crippen LogP contribution in [0.25, 0.3) is 0 Å². The third-order valence-corrected chi connectivity index (χ3v) is 2.08. The molecule has 0 saturated heterocycles. The van der Waals surface area contributed by atoms with Crippen LogP contribution in [0.4, 0.5) is 0 Å². The average Bonchev–Trinajstić information content (AvgIpc) is 2.02. The molecular weight excluding hydrogens is 168 g/mol. The highest BCUT2D eigenvalue weighted by atomic mass is 16.5. The molecule has 0 N–H and O–H groups in total. The number of carbonyl (C=O) groups excluding carboxylic acids is 1. The van der Waals surface area contributed by atoms with Crippen molar-refractivity contribution in [2.45, 2.75) is 26.7 Å². The fourth-order valence-electron chi connectivity index (χ4n) is 1.46. The smallest absolute Gasteiger partial charge is 0.312 e. The van der Waals surface area contributed by atoms with E-state index in [0.717, 1.165) is 11.3 Å². The summed E-state index contributed by atoms with van der Waals surface area (Å²) in [7, 11) is 0. The summed E-state index contributed by atoms with van der Waals surface area (Å²) in [5, 5.41) is 0. The molecule has 2 rings (SSSR count). The predicted octanol–water partition coefficient (Wildman–Crippen LogP) is 0.945. The summed E-state index contributed by atoms with van der Waals surface area (Å²) >= 11 is 0. The number of aryl methyl sites for hydroxylation is 2. The molecule has 0 saturated carbocycles. The monoisotopic (exact) mass is 178 g/mol. The minimum Gasteiger partial charge on any atom is -0.407 e. The van der Waals surface area contributed by atoms with E-state index in [2.05, 4.69) is 9.97 Å². The fraction of sp³-hybridized carbons (Fsp3) is 0.444. The highest BCUT2D eigenvalue weighted by molar-refractivity contribution is 5.74. The van der Waals surface area contributed by atoms with Crippen LogP contribution in [-0.2, 0) is 11.2 Å². The zero-order valence-electron chi connectivity index (χ0n) is 7.63. The summed E-state index contributed by atoms with van der Waals surface area (Å²) in [6.45, 7) is 3.70. The Hall–Kier alpha value is -1.45. The molecule has 68 valence electrons. The van der Waals surface area contributed by atoms with Gasteiger partial charge in [0, 0.05) is 11.3 Å². The molecule has 0 aliphatic carbocycles. The molecule has 1 aliphatic rings. The summed E-state index contributed by atoms with van der Waals surface area (Å²) in [4.78, 5) is 19.2. The van der Waals surface area contributed by atoms with Crippen LogP contribution in [-0.4, -0.2) is 15.9 Å². The molecule has 4 nitrogen and oxygen atoms in total. The van der Waals surface area contributed by atoms with Gasteiger partial charge in [0.25, 0.3) is 0 Å². The van der Waals surface area contributed by atoms with Crippen LogP contribution in [0, 0.1) is 13.8 Å². The Labute approximate surface area is 76.0 Å². The van der Waals surface area contributed by atoms with Gasteiger partial charge in [-0.05, 0) is 20.3 Å². The van der Waals surface area contributed by atoms with E-state index in [0.29, 0.717) is 24.5 Å². The lowest BCUT2D eigenvalue weighted by atomic mass is 10.1. The Morgan fingerprint density at radius 3 is 2.77 bits per heavy atom. The zero-order valence-corrected chi connectivity index (χ0v) is 7.63. The number of aromatic nitrogens is 2. The summed E-state index contributed by atoms with van der Waals surface area (Å²) in [6.07, 6.45) is 1.13. The molecule has 0 bridgehead atoms. The largest absolute Gasteiger partial charge is 0.407 e. The number of carbonyl (C=O) groups is 1. The summed E-state index contributed by atoms with van der Waals surface area (Å²) in [6, 6.07) is 0. The predicted molar refractivity (Wildman–Crippen MR) is 45.5 cm³/mol. The van der Waals surface area contributed by atoms with Gasteiger partial charge in [0.15, 0.2) is 0 Å². The second-order valence-corrected chi connectivity index (χ2v) is 3.11. The first kappa shape index (κ1) is 8.16. The topological polar surface area (TPSA) is 52.1 Å². The van der Waals surface area contributed by atoms with E-state index in [1.165, 1.54) is 0 Å². The second-order valence-electron chi connectivity index (χ2n) is 3.11. The van der Waals surface area contributed by atoms with E-state index in [-0.39, 0.29) is 5.97 Å². The first-order valence-electron chi connectivity index (χ1n) is 4.21. The minimum absolute atomic E-state index is 0.204. The molecule has 0 radical (unpaired) electrons. The van der Waals surface area contributed by atoms with Gasteiger partial charge < -0.3 is 4.74 Å². The quantitative estimate of drug-likeness (QED) is 0.555. The van der Waals surface area contributed by atoms with Gasteiger partial charge >= 0.3 is 5.97 Å². The second kappa shape index (κ2) is 2.80. The molecule has 0 spiro atoms. The molecule has 2 heterocycles. The van der Waals surface area contributed by atoms with E-state index < -0.39 is 0 Å². The highest BCUT2D eigenvalue weighted by Gasteiger charge is 2.20. The molecule has 1 aliphatic heterocycles. The third-order valence-electron chi connectivity index (χ3n) is 2.08. The molecule has 0 amide bonds. The van der Waals surface area contributed by atoms with Crippen LogP contribution in [0.1, 0.15) is 23.5 Å². The van der Waals surface area contributed by atoms with Crippen molar-refractivity contribution in [1.29, 1.82) is 0 Å². The molecule has 1 aromatic rings. The number of nitrogens with zero attached hydrogens (tertiary/aromatic N) is 2. The maximum atomic E-state index is 11.0. The Balaban J connectivity index is 2.53. The lowest BCUT2D eigenvalue weighted by molar-refractivity contribution is -0.135. The van der Waals surface area contributed by atoms with Gasteiger partial charge in [-0.1, -0.05) is 0 Å². The normalized spacial score (nSPS) is 15.1. The number of fused-ring (bicyclic) bond motifs is 1. The van der Waals surface area contributed by atoms with Gasteiger partial charge in [0.05, 0.1) is 6.42 Å². The molecular formula is C9H10N2O2. The Morgan fingerprint density at radius 2 is 2.00 bits per heavy atom. The lowest BCUT2D eigenvalue weighted by Crippen LogP contribution is -2.19. The van der Waals surface area contributed by atoms with Crippen LogP contribution in [0.3, 0.4) is 0 Å². The van der Waals surface area contributed by atoms with E-state index >= 15 is 0 Å². The van der Waals surface area contributed by atoms with Gasteiger partial charge in [-0.2, -0.15) is 4.98 Å². The van der Waals surface area contributed by atoms with Gasteiger partial charge in [0.2, 0.25) is 5.88 Å². The molecule has 13 heavy (non-hydrogen) atoms. The van der Waals surface area contributed by atoms with Crippen LogP contribution in [0.5, 0.6) is 5.88 Å². The van der Waals surface area contributed by atoms with Crippen LogP contribution in [0.2, 0.25) is 0 Å². The third kappa shape index (κ3) is 1.39. The first-order valence-corrected chi connectivity index (χ1v) is 4.21. The number of ether oxygens (including phenoxy) is 1. The van der Waals surface area contributed by atoms with Crippen molar-refractivity contribution in [1.82, 2.24) is 9.97 Å². The zero-order chi connectivity index (χ0) is 9.42. The number of esters is 1. The maximum absolute atomic E-state index is 11.0. The van der Waals surface area contributed by atoms with Crippen molar-refractivity contribution in [3.63, 3.8) is 0 Å². The molecule has 0 fully saturated rings. The Kier molecular flexibility index (Phi) is 1.76. The molecule has 1 aromatic heterocycles. The van der Waals surface area contributed by atoms with Crippen molar-refractivity contribution in [2.24, 2.45) is 0 Å². The molecule has 4 heteroatoms.